The van der Waals surface area contributed by atoms with Crippen molar-refractivity contribution in [2.24, 2.45) is 0 Å². The lowest BCUT2D eigenvalue weighted by molar-refractivity contribution is -0.156. The molecule has 0 aromatic heterocycles. The minimum Gasteiger partial charge on any atom is -0.368 e. The van der Waals surface area contributed by atoms with Gasteiger partial charge in [-0.05, 0) is 19.3 Å². The van der Waals surface area contributed by atoms with E-state index in [1.54, 1.807) is 0 Å². The SMILES string of the molecule is COC1(C(=O)NNC(C)=O)CCC1. The standard InChI is InChI=1S/C8H14N2O3/c1-6(11)9-10-7(12)8(13-2)4-3-5-8/h3-5H2,1-2H3,(H,9,11)(H,10,12). The molecular weight excluding hydrogens is 172 g/mol. The van der Waals surface area contributed by atoms with Gasteiger partial charge >= 0.3 is 0 Å². The number of ether oxygens (including phenoxy) is 1. The molecule has 2 amide bonds. The summed E-state index contributed by atoms with van der Waals surface area (Å²) in [6.45, 7) is 1.33. The van der Waals surface area contributed by atoms with Gasteiger partial charge in [-0.1, -0.05) is 0 Å². The van der Waals surface area contributed by atoms with Gasteiger partial charge in [0, 0.05) is 14.0 Å². The lowest BCUT2D eigenvalue weighted by Crippen LogP contribution is -2.57. The first-order valence-electron chi connectivity index (χ1n) is 4.23. The third kappa shape index (κ3) is 1.98. The van der Waals surface area contributed by atoms with Crippen molar-refractivity contribution in [3.63, 3.8) is 0 Å². The second kappa shape index (κ2) is 3.74. The van der Waals surface area contributed by atoms with Crippen molar-refractivity contribution < 1.29 is 14.3 Å². The zero-order valence-corrected chi connectivity index (χ0v) is 7.85. The molecule has 0 spiro atoms. The zero-order valence-electron chi connectivity index (χ0n) is 7.85. The van der Waals surface area contributed by atoms with E-state index in [1.807, 2.05) is 0 Å². The third-order valence-corrected chi connectivity index (χ3v) is 2.32. The van der Waals surface area contributed by atoms with Crippen molar-refractivity contribution in [2.75, 3.05) is 7.11 Å². The Labute approximate surface area is 76.8 Å². The fraction of sp³-hybridized carbons (Fsp3) is 0.750. The van der Waals surface area contributed by atoms with Crippen LogP contribution in [0.2, 0.25) is 0 Å². The van der Waals surface area contributed by atoms with Crippen LogP contribution in [0.4, 0.5) is 0 Å². The Balaban J connectivity index is 2.41. The molecule has 1 saturated carbocycles. The summed E-state index contributed by atoms with van der Waals surface area (Å²) < 4.78 is 5.10. The monoisotopic (exact) mass is 186 g/mol. The highest BCUT2D eigenvalue weighted by atomic mass is 16.5. The Bertz CT molecular complexity index is 218. The quantitative estimate of drug-likeness (QED) is 0.583. The smallest absolute Gasteiger partial charge is 0.270 e. The molecule has 13 heavy (non-hydrogen) atoms. The van der Waals surface area contributed by atoms with E-state index < -0.39 is 5.60 Å². The highest BCUT2D eigenvalue weighted by Crippen LogP contribution is 2.34. The predicted octanol–water partition coefficient (Wildman–Crippen LogP) is -0.277. The molecule has 0 heterocycles. The largest absolute Gasteiger partial charge is 0.368 e. The van der Waals surface area contributed by atoms with Crippen LogP contribution in [0.15, 0.2) is 0 Å². The topological polar surface area (TPSA) is 67.4 Å². The van der Waals surface area contributed by atoms with Crippen LogP contribution in [-0.2, 0) is 14.3 Å². The summed E-state index contributed by atoms with van der Waals surface area (Å²) in [5.74, 6) is -0.560. The summed E-state index contributed by atoms with van der Waals surface area (Å²) in [5.41, 5.74) is 3.84. The third-order valence-electron chi connectivity index (χ3n) is 2.32. The molecule has 1 aliphatic rings. The maximum atomic E-state index is 11.4. The van der Waals surface area contributed by atoms with Crippen molar-refractivity contribution in [3.05, 3.63) is 0 Å². The van der Waals surface area contributed by atoms with Gasteiger partial charge in [-0.15, -0.1) is 0 Å². The van der Waals surface area contributed by atoms with E-state index >= 15 is 0 Å². The van der Waals surface area contributed by atoms with Crippen molar-refractivity contribution in [3.8, 4) is 0 Å². The summed E-state index contributed by atoms with van der Waals surface area (Å²) in [6.07, 6.45) is 2.42. The fourth-order valence-electron chi connectivity index (χ4n) is 1.28. The van der Waals surface area contributed by atoms with Crippen LogP contribution < -0.4 is 10.9 Å². The van der Waals surface area contributed by atoms with Crippen molar-refractivity contribution >= 4 is 11.8 Å². The van der Waals surface area contributed by atoms with Gasteiger partial charge in [0.15, 0.2) is 0 Å². The average molecular weight is 186 g/mol. The van der Waals surface area contributed by atoms with Gasteiger partial charge in [-0.25, -0.2) is 0 Å². The average Bonchev–Trinajstić information content (AvgIpc) is 2.00. The normalized spacial score (nSPS) is 18.6. The minimum atomic E-state index is -0.706. The Morgan fingerprint density at radius 2 is 1.92 bits per heavy atom. The number of carbonyl (C=O) groups is 2. The Hall–Kier alpha value is -1.10. The van der Waals surface area contributed by atoms with Crippen molar-refractivity contribution in [2.45, 2.75) is 31.8 Å². The summed E-state index contributed by atoms with van der Waals surface area (Å²) in [5, 5.41) is 0. The van der Waals surface area contributed by atoms with Gasteiger partial charge < -0.3 is 4.74 Å². The molecule has 1 aliphatic carbocycles. The van der Waals surface area contributed by atoms with Crippen LogP contribution in [0.25, 0.3) is 0 Å². The van der Waals surface area contributed by atoms with Crippen LogP contribution in [0.1, 0.15) is 26.2 Å². The van der Waals surface area contributed by atoms with Gasteiger partial charge in [0.1, 0.15) is 5.60 Å². The molecule has 1 fully saturated rings. The summed E-state index contributed by atoms with van der Waals surface area (Å²) in [6, 6.07) is 0. The van der Waals surface area contributed by atoms with Crippen molar-refractivity contribution in [1.29, 1.82) is 0 Å². The molecule has 0 saturated heterocycles. The van der Waals surface area contributed by atoms with Gasteiger partial charge in [-0.2, -0.15) is 0 Å². The van der Waals surface area contributed by atoms with E-state index in [9.17, 15) is 9.59 Å². The first-order valence-corrected chi connectivity index (χ1v) is 4.23. The molecule has 5 heteroatoms. The van der Waals surface area contributed by atoms with Crippen LogP contribution in [0.3, 0.4) is 0 Å². The van der Waals surface area contributed by atoms with Crippen LogP contribution in [0, 0.1) is 0 Å². The van der Waals surface area contributed by atoms with E-state index in [0.29, 0.717) is 0 Å². The number of carbonyl (C=O) groups excluding carboxylic acids is 2. The number of nitrogens with one attached hydrogen (secondary N) is 2. The Morgan fingerprint density at radius 1 is 1.31 bits per heavy atom. The second-order valence-corrected chi connectivity index (χ2v) is 3.19. The summed E-state index contributed by atoms with van der Waals surface area (Å²) in [4.78, 5) is 21.9. The molecule has 0 aliphatic heterocycles. The number of methoxy groups -OCH3 is 1. The summed E-state index contributed by atoms with van der Waals surface area (Å²) in [7, 11) is 1.51. The fourth-order valence-corrected chi connectivity index (χ4v) is 1.28. The molecule has 1 rings (SSSR count). The highest BCUT2D eigenvalue weighted by Gasteiger charge is 2.44. The number of rotatable bonds is 2. The highest BCUT2D eigenvalue weighted by molar-refractivity contribution is 5.88. The van der Waals surface area contributed by atoms with Crippen LogP contribution in [0.5, 0.6) is 0 Å². The zero-order chi connectivity index (χ0) is 9.90. The molecule has 0 aromatic rings. The molecule has 0 radical (unpaired) electrons. The van der Waals surface area contributed by atoms with Crippen LogP contribution >= 0.6 is 0 Å². The van der Waals surface area contributed by atoms with Crippen molar-refractivity contribution in [1.82, 2.24) is 10.9 Å². The number of hydrazine groups is 1. The molecule has 0 atom stereocenters. The number of hydrogen-bond donors (Lipinski definition) is 2. The second-order valence-electron chi connectivity index (χ2n) is 3.19. The Morgan fingerprint density at radius 3 is 2.23 bits per heavy atom. The van der Waals surface area contributed by atoms with Gasteiger partial charge in [-0.3, -0.25) is 20.4 Å². The summed E-state index contributed by atoms with van der Waals surface area (Å²) >= 11 is 0. The molecule has 5 nitrogen and oxygen atoms in total. The van der Waals surface area contributed by atoms with E-state index in [4.69, 9.17) is 4.74 Å². The van der Waals surface area contributed by atoms with E-state index in [0.717, 1.165) is 19.3 Å². The molecule has 0 aromatic carbocycles. The van der Waals surface area contributed by atoms with E-state index in [1.165, 1.54) is 14.0 Å². The van der Waals surface area contributed by atoms with Crippen LogP contribution in [-0.4, -0.2) is 24.5 Å². The minimum absolute atomic E-state index is 0.267. The molecule has 0 unspecified atom stereocenters. The van der Waals surface area contributed by atoms with E-state index in [2.05, 4.69) is 10.9 Å². The maximum Gasteiger partial charge on any atom is 0.270 e. The maximum absolute atomic E-state index is 11.4. The lowest BCUT2D eigenvalue weighted by atomic mass is 9.79. The molecular formula is C8H14N2O3. The van der Waals surface area contributed by atoms with Gasteiger partial charge in [0.2, 0.25) is 5.91 Å². The molecule has 2 N–H and O–H groups in total. The lowest BCUT2D eigenvalue weighted by Gasteiger charge is -2.38. The molecule has 74 valence electrons. The van der Waals surface area contributed by atoms with E-state index in [-0.39, 0.29) is 11.8 Å². The predicted molar refractivity (Wildman–Crippen MR) is 45.6 cm³/mol. The first kappa shape index (κ1) is 9.98. The van der Waals surface area contributed by atoms with Gasteiger partial charge in [0.25, 0.3) is 5.91 Å². The first-order chi connectivity index (χ1) is 6.10. The number of amides is 2. The molecule has 0 bridgehead atoms. The number of hydrogen-bond acceptors (Lipinski definition) is 3. The van der Waals surface area contributed by atoms with Gasteiger partial charge in [0.05, 0.1) is 0 Å². The Kier molecular flexibility index (Phi) is 2.87.